The predicted octanol–water partition coefficient (Wildman–Crippen LogP) is 6.43. The van der Waals surface area contributed by atoms with E-state index in [4.69, 9.17) is 0 Å². The van der Waals surface area contributed by atoms with Crippen LogP contribution in [0.2, 0.25) is 0 Å². The number of carbonyl (C=O) groups excluding carboxylic acids is 1. The second-order valence-corrected chi connectivity index (χ2v) is 8.49. The van der Waals surface area contributed by atoms with E-state index in [2.05, 4.69) is 24.1 Å². The molecular formula is C21H24F2N2OS. The molecule has 1 aromatic carbocycles. The van der Waals surface area contributed by atoms with Crippen LogP contribution in [-0.4, -0.2) is 16.6 Å². The highest BCUT2D eigenvalue weighted by atomic mass is 32.1. The summed E-state index contributed by atoms with van der Waals surface area (Å²) in [6, 6.07) is 5.98. The number of carbonyl (C=O) groups is 1. The van der Waals surface area contributed by atoms with Crippen LogP contribution in [0, 0.1) is 5.92 Å². The molecule has 0 saturated heterocycles. The quantitative estimate of drug-likeness (QED) is 0.617. The number of hydrogen-bond acceptors (Lipinski definition) is 3. The van der Waals surface area contributed by atoms with Crippen molar-refractivity contribution in [2.75, 3.05) is 5.32 Å². The molecule has 144 valence electrons. The number of alkyl halides is 1. The molecule has 1 amide bonds. The lowest BCUT2D eigenvalue weighted by Crippen LogP contribution is -2.17. The lowest BCUT2D eigenvalue weighted by atomic mass is 9.99. The summed E-state index contributed by atoms with van der Waals surface area (Å²) in [7, 11) is 0. The molecule has 1 heterocycles. The molecule has 1 fully saturated rings. The van der Waals surface area contributed by atoms with E-state index in [-0.39, 0.29) is 18.2 Å². The fourth-order valence-corrected chi connectivity index (χ4v) is 3.94. The molecule has 1 aliphatic carbocycles. The molecule has 1 saturated carbocycles. The van der Waals surface area contributed by atoms with Gasteiger partial charge in [-0.2, -0.15) is 0 Å². The Labute approximate surface area is 162 Å². The summed E-state index contributed by atoms with van der Waals surface area (Å²) in [5.41, 5.74) is 2.87. The average Bonchev–Trinajstić information content (AvgIpc) is 3.06. The second kappa shape index (κ2) is 7.50. The summed E-state index contributed by atoms with van der Waals surface area (Å²) >= 11 is 1.39. The molecule has 1 aromatic heterocycles. The number of benzene rings is 1. The van der Waals surface area contributed by atoms with Gasteiger partial charge in [0.15, 0.2) is 5.13 Å². The summed E-state index contributed by atoms with van der Waals surface area (Å²) in [5.74, 6) is -1.03. The third-order valence-electron chi connectivity index (χ3n) is 5.12. The highest BCUT2D eigenvalue weighted by Gasteiger charge is 2.55. The minimum Gasteiger partial charge on any atom is -0.302 e. The Morgan fingerprint density at radius 3 is 2.74 bits per heavy atom. The molecule has 2 atom stereocenters. The van der Waals surface area contributed by atoms with Crippen molar-refractivity contribution in [3.8, 4) is 0 Å². The molecule has 0 bridgehead atoms. The normalized spacial score (nSPS) is 23.3. The first-order valence-corrected chi connectivity index (χ1v) is 9.88. The molecule has 2 unspecified atom stereocenters. The van der Waals surface area contributed by atoms with Gasteiger partial charge in [-0.3, -0.25) is 4.79 Å². The zero-order valence-corrected chi connectivity index (χ0v) is 16.8. The number of hydrogen-bond donors (Lipinski definition) is 1. The predicted molar refractivity (Wildman–Crippen MR) is 108 cm³/mol. The van der Waals surface area contributed by atoms with Crippen LogP contribution in [0.3, 0.4) is 0 Å². The smallest absolute Gasteiger partial charge is 0.232 e. The number of amides is 1. The van der Waals surface area contributed by atoms with E-state index >= 15 is 0 Å². The second-order valence-electron chi connectivity index (χ2n) is 7.46. The zero-order chi connectivity index (χ0) is 19.8. The Morgan fingerprint density at radius 1 is 1.41 bits per heavy atom. The Balaban J connectivity index is 1.75. The van der Waals surface area contributed by atoms with Crippen molar-refractivity contribution in [2.24, 2.45) is 5.92 Å². The van der Waals surface area contributed by atoms with Gasteiger partial charge in [-0.15, -0.1) is 0 Å². The van der Waals surface area contributed by atoms with Crippen LogP contribution < -0.4 is 5.32 Å². The molecule has 1 aliphatic rings. The van der Waals surface area contributed by atoms with Gasteiger partial charge < -0.3 is 5.32 Å². The number of nitrogens with one attached hydrogen (secondary N) is 1. The lowest BCUT2D eigenvalue weighted by Gasteiger charge is -2.07. The third-order valence-corrected chi connectivity index (χ3v) is 6.06. The topological polar surface area (TPSA) is 42.0 Å². The zero-order valence-electron chi connectivity index (χ0n) is 16.0. The average molecular weight is 390 g/mol. The first-order valence-electron chi connectivity index (χ1n) is 9.07. The summed E-state index contributed by atoms with van der Waals surface area (Å²) in [4.78, 5) is 16.5. The van der Waals surface area contributed by atoms with E-state index in [0.717, 1.165) is 27.8 Å². The highest BCUT2D eigenvalue weighted by Crippen LogP contribution is 2.47. The Kier molecular flexibility index (Phi) is 5.47. The fraction of sp³-hybridized carbons (Fsp3) is 0.429. The van der Waals surface area contributed by atoms with Crippen LogP contribution in [0.15, 0.2) is 35.7 Å². The maximum atomic E-state index is 13.7. The van der Waals surface area contributed by atoms with Gasteiger partial charge in [0.05, 0.1) is 22.0 Å². The first-order chi connectivity index (χ1) is 12.7. The Bertz CT molecular complexity index is 939. The maximum absolute atomic E-state index is 13.7. The Hall–Kier alpha value is -2.08. The van der Waals surface area contributed by atoms with E-state index in [9.17, 15) is 13.6 Å². The number of nitrogens with zero attached hydrogens (tertiary/aromatic N) is 1. The lowest BCUT2D eigenvalue weighted by molar-refractivity contribution is -0.118. The third kappa shape index (κ3) is 4.61. The van der Waals surface area contributed by atoms with Gasteiger partial charge in [0.2, 0.25) is 5.91 Å². The monoisotopic (exact) mass is 390 g/mol. The van der Waals surface area contributed by atoms with Crippen LogP contribution in [-0.2, 0) is 4.79 Å². The van der Waals surface area contributed by atoms with Gasteiger partial charge in [0, 0.05) is 0 Å². The molecular weight excluding hydrogens is 366 g/mol. The highest BCUT2D eigenvalue weighted by molar-refractivity contribution is 7.22. The van der Waals surface area contributed by atoms with E-state index < -0.39 is 11.6 Å². The number of thiazole rings is 1. The van der Waals surface area contributed by atoms with Crippen molar-refractivity contribution in [2.45, 2.75) is 52.6 Å². The van der Waals surface area contributed by atoms with Gasteiger partial charge in [-0.1, -0.05) is 29.1 Å². The van der Waals surface area contributed by atoms with E-state index in [1.165, 1.54) is 30.8 Å². The van der Waals surface area contributed by atoms with Crippen molar-refractivity contribution in [3.05, 3.63) is 41.2 Å². The Morgan fingerprint density at radius 2 is 2.11 bits per heavy atom. The molecule has 27 heavy (non-hydrogen) atoms. The van der Waals surface area contributed by atoms with Gasteiger partial charge in [-0.05, 0) is 70.2 Å². The van der Waals surface area contributed by atoms with Crippen LogP contribution >= 0.6 is 11.3 Å². The van der Waals surface area contributed by atoms with Gasteiger partial charge in [-0.25, -0.2) is 13.8 Å². The van der Waals surface area contributed by atoms with Crippen LogP contribution in [0.25, 0.3) is 15.8 Å². The fourth-order valence-electron chi connectivity index (χ4n) is 3.03. The number of rotatable bonds is 6. The molecule has 3 nitrogen and oxygen atoms in total. The molecule has 1 N–H and O–H groups in total. The SMILES string of the molecule is C/C(F)=C\CC/C(C)=C(\C)c1ccc2nc(NC(=O)C3CC3(C)F)sc2c1. The summed E-state index contributed by atoms with van der Waals surface area (Å²) < 4.78 is 27.5. The van der Waals surface area contributed by atoms with Crippen molar-refractivity contribution in [3.63, 3.8) is 0 Å². The van der Waals surface area contributed by atoms with Gasteiger partial charge in [0.1, 0.15) is 5.67 Å². The molecule has 0 radical (unpaired) electrons. The van der Waals surface area contributed by atoms with Crippen molar-refractivity contribution in [1.82, 2.24) is 4.98 Å². The van der Waals surface area contributed by atoms with Crippen molar-refractivity contribution >= 4 is 38.2 Å². The van der Waals surface area contributed by atoms with Gasteiger partial charge in [0.25, 0.3) is 0 Å². The standard InChI is InChI=1S/C21H24F2N2OS/c1-12(6-5-7-13(2)22)14(3)15-8-9-17-18(10-15)27-20(24-17)25-19(26)16-11-21(16,4)23/h7-10,16H,5-6,11H2,1-4H3,(H,24,25,26)/b13-7+,14-12+. The van der Waals surface area contributed by atoms with Crippen molar-refractivity contribution in [1.29, 1.82) is 0 Å². The minimum atomic E-state index is -1.39. The molecule has 2 aromatic rings. The summed E-state index contributed by atoms with van der Waals surface area (Å²) in [6.07, 6.45) is 3.35. The van der Waals surface area contributed by atoms with E-state index in [1.807, 2.05) is 18.2 Å². The summed E-state index contributed by atoms with van der Waals surface area (Å²) in [5, 5.41) is 3.23. The number of aromatic nitrogens is 1. The first kappa shape index (κ1) is 19.7. The largest absolute Gasteiger partial charge is 0.302 e. The maximum Gasteiger partial charge on any atom is 0.232 e. The number of allylic oxidation sites excluding steroid dienone is 4. The molecule has 0 aliphatic heterocycles. The van der Waals surface area contributed by atoms with Crippen LogP contribution in [0.5, 0.6) is 0 Å². The molecule has 6 heteroatoms. The molecule has 0 spiro atoms. The molecule has 3 rings (SSSR count). The van der Waals surface area contributed by atoms with Crippen LogP contribution in [0.4, 0.5) is 13.9 Å². The van der Waals surface area contributed by atoms with Gasteiger partial charge >= 0.3 is 0 Å². The minimum absolute atomic E-state index is 0.152. The van der Waals surface area contributed by atoms with Crippen molar-refractivity contribution < 1.29 is 13.6 Å². The van der Waals surface area contributed by atoms with E-state index in [1.54, 1.807) is 6.08 Å². The van der Waals surface area contributed by atoms with E-state index in [0.29, 0.717) is 11.6 Å². The van der Waals surface area contributed by atoms with Crippen LogP contribution in [0.1, 0.15) is 52.5 Å². The number of fused-ring (bicyclic) bond motifs is 1. The number of halogens is 2. The number of anilines is 1. The summed E-state index contributed by atoms with van der Waals surface area (Å²) in [6.45, 7) is 7.02.